The zero-order valence-corrected chi connectivity index (χ0v) is 9.21. The number of nitrogens with one attached hydrogen (secondary N) is 2. The maximum Gasteiger partial charge on any atom is 0.151 e. The van der Waals surface area contributed by atoms with E-state index in [1.54, 1.807) is 11.3 Å². The number of aromatic amines is 1. The molecule has 0 aliphatic rings. The summed E-state index contributed by atoms with van der Waals surface area (Å²) in [6, 6.07) is 8.17. The van der Waals surface area contributed by atoms with E-state index in [1.807, 2.05) is 23.7 Å². The van der Waals surface area contributed by atoms with Crippen molar-refractivity contribution >= 4 is 28.1 Å². The highest BCUT2D eigenvalue weighted by atomic mass is 32.1. The first-order chi connectivity index (χ1) is 7.88. The molecule has 0 saturated heterocycles. The summed E-state index contributed by atoms with van der Waals surface area (Å²) in [6.45, 7) is 0. The topological polar surface area (TPSA) is 66.7 Å². The Labute approximate surface area is 96.1 Å². The normalized spacial score (nSPS) is 10.8. The van der Waals surface area contributed by atoms with Crippen LogP contribution in [-0.2, 0) is 0 Å². The van der Waals surface area contributed by atoms with Crippen molar-refractivity contribution in [3.63, 3.8) is 0 Å². The number of nitrogen functional groups attached to an aromatic ring is 1. The zero-order chi connectivity index (χ0) is 11.0. The number of H-pyrrole nitrogens is 1. The second-order valence-corrected chi connectivity index (χ2v) is 4.29. The van der Waals surface area contributed by atoms with E-state index < -0.39 is 0 Å². The Balaban J connectivity index is 2.18. The van der Waals surface area contributed by atoms with Crippen LogP contribution in [0.25, 0.3) is 21.5 Å². The molecule has 0 aliphatic heterocycles. The second-order valence-electron chi connectivity index (χ2n) is 3.43. The van der Waals surface area contributed by atoms with E-state index >= 15 is 0 Å². The smallest absolute Gasteiger partial charge is 0.151 e. The van der Waals surface area contributed by atoms with Crippen LogP contribution < -0.4 is 11.3 Å². The lowest BCUT2D eigenvalue weighted by Gasteiger charge is -1.93. The molecule has 16 heavy (non-hydrogen) atoms. The number of anilines is 1. The molecule has 3 rings (SSSR count). The Kier molecular flexibility index (Phi) is 2.12. The Hall–Kier alpha value is -1.85. The molecular weight excluding hydrogens is 220 g/mol. The number of hydrazine groups is 1. The zero-order valence-electron chi connectivity index (χ0n) is 8.40. The summed E-state index contributed by atoms with van der Waals surface area (Å²) in [7, 11) is 0. The van der Waals surface area contributed by atoms with Crippen LogP contribution in [0.15, 0.2) is 35.8 Å². The van der Waals surface area contributed by atoms with Gasteiger partial charge in [-0.05, 0) is 6.07 Å². The minimum atomic E-state index is 0.699. The highest BCUT2D eigenvalue weighted by Crippen LogP contribution is 2.31. The van der Waals surface area contributed by atoms with E-state index in [0.717, 1.165) is 16.1 Å². The maximum atomic E-state index is 5.32. The molecule has 3 aromatic rings. The van der Waals surface area contributed by atoms with E-state index in [2.05, 4.69) is 27.5 Å². The van der Waals surface area contributed by atoms with Gasteiger partial charge < -0.3 is 10.4 Å². The van der Waals surface area contributed by atoms with E-state index in [9.17, 15) is 0 Å². The molecule has 1 aromatic carbocycles. The molecule has 0 radical (unpaired) electrons. The number of nitrogens with two attached hydrogens (primary N) is 1. The quantitative estimate of drug-likeness (QED) is 0.468. The highest BCUT2D eigenvalue weighted by molar-refractivity contribution is 7.13. The summed E-state index contributed by atoms with van der Waals surface area (Å²) in [5.41, 5.74) is 4.78. The molecule has 0 unspecified atom stereocenters. The van der Waals surface area contributed by atoms with Crippen molar-refractivity contribution in [1.82, 2.24) is 9.97 Å². The predicted molar refractivity (Wildman–Crippen MR) is 67.2 cm³/mol. The molecule has 5 heteroatoms. The van der Waals surface area contributed by atoms with Gasteiger partial charge in [-0.25, -0.2) is 10.8 Å². The number of thiazole rings is 1. The fourth-order valence-electron chi connectivity index (χ4n) is 1.71. The van der Waals surface area contributed by atoms with Gasteiger partial charge in [0, 0.05) is 28.0 Å². The van der Waals surface area contributed by atoms with Gasteiger partial charge in [-0.1, -0.05) is 18.2 Å². The van der Waals surface area contributed by atoms with Crippen molar-refractivity contribution in [2.45, 2.75) is 0 Å². The second kappa shape index (κ2) is 3.62. The van der Waals surface area contributed by atoms with E-state index in [1.165, 1.54) is 5.39 Å². The molecule has 2 aromatic heterocycles. The highest BCUT2D eigenvalue weighted by Gasteiger charge is 2.09. The van der Waals surface area contributed by atoms with Crippen LogP contribution in [0, 0.1) is 0 Å². The number of fused-ring (bicyclic) bond motifs is 1. The first-order valence-corrected chi connectivity index (χ1v) is 5.75. The lowest BCUT2D eigenvalue weighted by molar-refractivity contribution is 1.27. The fourth-order valence-corrected chi connectivity index (χ4v) is 2.50. The Morgan fingerprint density at radius 2 is 2.19 bits per heavy atom. The van der Waals surface area contributed by atoms with Gasteiger partial charge in [-0.15, -0.1) is 11.3 Å². The molecule has 0 aliphatic carbocycles. The number of para-hydroxylation sites is 1. The molecule has 2 heterocycles. The molecule has 0 bridgehead atoms. The molecule has 0 spiro atoms. The number of nitrogens with zero attached hydrogens (tertiary/aromatic N) is 1. The summed E-state index contributed by atoms with van der Waals surface area (Å²) >= 11 is 1.57. The van der Waals surface area contributed by atoms with Gasteiger partial charge in [0.05, 0.1) is 0 Å². The predicted octanol–water partition coefficient (Wildman–Crippen LogP) is 2.58. The summed E-state index contributed by atoms with van der Waals surface area (Å²) < 4.78 is 0. The molecule has 80 valence electrons. The van der Waals surface area contributed by atoms with Crippen molar-refractivity contribution in [2.75, 3.05) is 5.43 Å². The first kappa shape index (κ1) is 9.38. The minimum absolute atomic E-state index is 0.699. The summed E-state index contributed by atoms with van der Waals surface area (Å²) in [5.74, 6) is 6.01. The average Bonchev–Trinajstić information content (AvgIpc) is 2.94. The summed E-state index contributed by atoms with van der Waals surface area (Å²) in [6.07, 6.45) is 1.98. The number of benzene rings is 1. The lowest BCUT2D eigenvalue weighted by Crippen LogP contribution is -2.06. The lowest BCUT2D eigenvalue weighted by atomic mass is 10.2. The number of hydrogen-bond donors (Lipinski definition) is 3. The summed E-state index contributed by atoms with van der Waals surface area (Å²) in [4.78, 5) is 7.61. The van der Waals surface area contributed by atoms with Gasteiger partial charge in [-0.3, -0.25) is 0 Å². The van der Waals surface area contributed by atoms with Crippen molar-refractivity contribution in [3.05, 3.63) is 35.8 Å². The third kappa shape index (κ3) is 1.37. The molecule has 0 atom stereocenters. The monoisotopic (exact) mass is 230 g/mol. The van der Waals surface area contributed by atoms with E-state index in [4.69, 9.17) is 5.84 Å². The molecule has 0 saturated carbocycles. The van der Waals surface area contributed by atoms with Crippen molar-refractivity contribution in [3.8, 4) is 10.6 Å². The van der Waals surface area contributed by atoms with Crippen LogP contribution in [0.5, 0.6) is 0 Å². The van der Waals surface area contributed by atoms with Gasteiger partial charge in [0.1, 0.15) is 5.01 Å². The molecular formula is C11H10N4S. The Morgan fingerprint density at radius 3 is 3.00 bits per heavy atom. The number of aromatic nitrogens is 2. The standard InChI is InChI=1S/C11H10N4S/c12-15-10-6-16-11(14-10)8-5-13-9-4-2-1-3-7(8)9/h1-6,13,15H,12H2. The number of rotatable bonds is 2. The average molecular weight is 230 g/mol. The van der Waals surface area contributed by atoms with E-state index in [-0.39, 0.29) is 0 Å². The number of hydrogen-bond acceptors (Lipinski definition) is 4. The van der Waals surface area contributed by atoms with Gasteiger partial charge in [0.15, 0.2) is 5.82 Å². The first-order valence-electron chi connectivity index (χ1n) is 4.87. The molecule has 4 N–H and O–H groups in total. The Morgan fingerprint density at radius 1 is 1.31 bits per heavy atom. The SMILES string of the molecule is NNc1csc(-c2c[nH]c3ccccc23)n1. The molecule has 0 amide bonds. The third-order valence-electron chi connectivity index (χ3n) is 2.47. The van der Waals surface area contributed by atoms with Crippen LogP contribution >= 0.6 is 11.3 Å². The Bertz CT molecular complexity index is 625. The third-order valence-corrected chi connectivity index (χ3v) is 3.35. The van der Waals surface area contributed by atoms with Crippen molar-refractivity contribution < 1.29 is 0 Å². The molecule has 0 fully saturated rings. The van der Waals surface area contributed by atoms with Crippen LogP contribution in [0.1, 0.15) is 0 Å². The van der Waals surface area contributed by atoms with Gasteiger partial charge >= 0.3 is 0 Å². The van der Waals surface area contributed by atoms with Crippen LogP contribution in [0.3, 0.4) is 0 Å². The van der Waals surface area contributed by atoms with Crippen molar-refractivity contribution in [1.29, 1.82) is 0 Å². The largest absolute Gasteiger partial charge is 0.360 e. The van der Waals surface area contributed by atoms with Crippen molar-refractivity contribution in [2.24, 2.45) is 5.84 Å². The van der Waals surface area contributed by atoms with Gasteiger partial charge in [0.2, 0.25) is 0 Å². The van der Waals surface area contributed by atoms with Gasteiger partial charge in [-0.2, -0.15) is 0 Å². The fraction of sp³-hybridized carbons (Fsp3) is 0. The van der Waals surface area contributed by atoms with Gasteiger partial charge in [0.25, 0.3) is 0 Å². The van der Waals surface area contributed by atoms with Crippen LogP contribution in [0.2, 0.25) is 0 Å². The maximum absolute atomic E-state index is 5.32. The molecule has 4 nitrogen and oxygen atoms in total. The van der Waals surface area contributed by atoms with Crippen LogP contribution in [-0.4, -0.2) is 9.97 Å². The summed E-state index contributed by atoms with van der Waals surface area (Å²) in [5, 5.41) is 4.04. The van der Waals surface area contributed by atoms with E-state index in [0.29, 0.717) is 5.82 Å². The minimum Gasteiger partial charge on any atom is -0.360 e. The van der Waals surface area contributed by atoms with Crippen LogP contribution in [0.4, 0.5) is 5.82 Å².